The van der Waals surface area contributed by atoms with E-state index in [1.54, 1.807) is 65.4 Å². The summed E-state index contributed by atoms with van der Waals surface area (Å²) in [6.07, 6.45) is 2.44. The van der Waals surface area contributed by atoms with E-state index in [4.69, 9.17) is 28.7 Å². The van der Waals surface area contributed by atoms with Gasteiger partial charge < -0.3 is 80.6 Å². The maximum Gasteiger partial charge on any atom is 0.326 e. The normalized spacial score (nSPS) is 17.2. The molecule has 0 radical (unpaired) electrons. The first-order valence-corrected chi connectivity index (χ1v) is 27.3. The van der Waals surface area contributed by atoms with E-state index < -0.39 is 115 Å². The van der Waals surface area contributed by atoms with Gasteiger partial charge in [0.25, 0.3) is 0 Å². The van der Waals surface area contributed by atoms with E-state index in [9.17, 15) is 53.4 Å². The number of amides is 8. The second-order valence-corrected chi connectivity index (χ2v) is 20.8. The van der Waals surface area contributed by atoms with Crippen molar-refractivity contribution < 1.29 is 53.4 Å². The number of carbonyl (C=O) groups is 9. The average molecular weight is 1120 g/mol. The molecule has 1 aromatic carbocycles. The molecule has 0 unspecified atom stereocenters. The molecule has 26 nitrogen and oxygen atoms in total. The second-order valence-electron chi connectivity index (χ2n) is 18.7. The number of carboxylic acids is 1. The number of nitrogens with one attached hydrogen (secondary N) is 6. The molecule has 8 amide bonds. The monoisotopic (exact) mass is 1120 g/mol. The second kappa shape index (κ2) is 30.9. The lowest BCUT2D eigenvalue weighted by molar-refractivity contribution is -0.147. The van der Waals surface area contributed by atoms with Crippen LogP contribution in [0.25, 0.3) is 0 Å². The Morgan fingerprint density at radius 2 is 1.12 bits per heavy atom. The maximum absolute atomic E-state index is 14.2. The molecule has 0 spiro atoms. The lowest BCUT2D eigenvalue weighted by atomic mass is 10.0. The van der Waals surface area contributed by atoms with Crippen molar-refractivity contribution in [3.05, 3.63) is 80.7 Å². The van der Waals surface area contributed by atoms with Gasteiger partial charge in [-0.25, -0.2) is 4.79 Å². The fourth-order valence-corrected chi connectivity index (χ4v) is 10.5. The van der Waals surface area contributed by atoms with Crippen LogP contribution in [-0.4, -0.2) is 173 Å². The van der Waals surface area contributed by atoms with Crippen molar-refractivity contribution in [2.75, 3.05) is 39.3 Å². The van der Waals surface area contributed by atoms with Crippen molar-refractivity contribution in [3.63, 3.8) is 0 Å². The first kappa shape index (κ1) is 61.2. The van der Waals surface area contributed by atoms with Crippen molar-refractivity contribution in [2.45, 2.75) is 119 Å². The molecule has 3 aromatic rings. The highest BCUT2D eigenvalue weighted by Gasteiger charge is 2.43. The number of likely N-dealkylation sites (tertiary alicyclic amines) is 2. The van der Waals surface area contributed by atoms with Gasteiger partial charge in [0, 0.05) is 55.2 Å². The molecular weight excluding hydrogens is 1050 g/mol. The van der Waals surface area contributed by atoms with Crippen molar-refractivity contribution in [3.8, 4) is 0 Å². The van der Waals surface area contributed by atoms with Gasteiger partial charge in [-0.1, -0.05) is 42.5 Å². The van der Waals surface area contributed by atoms with Crippen LogP contribution in [0.3, 0.4) is 0 Å². The zero-order valence-corrected chi connectivity index (χ0v) is 44.7. The predicted molar refractivity (Wildman–Crippen MR) is 291 cm³/mol. The SMILES string of the molecule is NC(N)=NCCC[C@H](NC(=O)[C@H](Cc1cccs1)NC(=O)[C@@H](Cc1ccccc1)NC(=O)[C@H](CO)NC(=O)[C@H](Cc1cccs1)NC(=O)CNC(=O)[C@@H]1CCCN1C(=O)[C@@H]1CCCN1C(=O)[C@@H](N)CCCN=C(N)N)C(=O)O. The van der Waals surface area contributed by atoms with E-state index in [0.717, 1.165) is 0 Å². The van der Waals surface area contributed by atoms with Crippen molar-refractivity contribution in [1.82, 2.24) is 41.7 Å². The van der Waals surface area contributed by atoms with Crippen LogP contribution >= 0.6 is 22.7 Å². The Kier molecular flexibility index (Phi) is 24.2. The minimum atomic E-state index is -1.67. The van der Waals surface area contributed by atoms with E-state index >= 15 is 0 Å². The molecule has 2 fully saturated rings. The third-order valence-electron chi connectivity index (χ3n) is 12.9. The summed E-state index contributed by atoms with van der Waals surface area (Å²) in [5.74, 6) is -7.33. The molecule has 424 valence electrons. The van der Waals surface area contributed by atoms with Gasteiger partial charge in [0.15, 0.2) is 11.9 Å². The highest BCUT2D eigenvalue weighted by Crippen LogP contribution is 2.26. The van der Waals surface area contributed by atoms with Crippen LogP contribution in [0.4, 0.5) is 0 Å². The van der Waals surface area contributed by atoms with Crippen LogP contribution in [0.2, 0.25) is 0 Å². The minimum absolute atomic E-state index is 0.0374. The summed E-state index contributed by atoms with van der Waals surface area (Å²) < 4.78 is 0. The van der Waals surface area contributed by atoms with E-state index in [-0.39, 0.29) is 63.7 Å². The zero-order chi connectivity index (χ0) is 56.7. The number of carbonyl (C=O) groups excluding carboxylic acids is 8. The van der Waals surface area contributed by atoms with Crippen LogP contribution in [0.1, 0.15) is 66.7 Å². The molecule has 18 N–H and O–H groups in total. The van der Waals surface area contributed by atoms with Gasteiger partial charge in [-0.3, -0.25) is 48.3 Å². The van der Waals surface area contributed by atoms with Crippen LogP contribution < -0.4 is 60.6 Å². The first-order chi connectivity index (χ1) is 37.3. The van der Waals surface area contributed by atoms with E-state index in [1.807, 2.05) is 0 Å². The lowest BCUT2D eigenvalue weighted by Gasteiger charge is -2.32. The number of hydrogen-bond donors (Lipinski definition) is 13. The highest BCUT2D eigenvalue weighted by atomic mass is 32.1. The van der Waals surface area contributed by atoms with Crippen molar-refractivity contribution >= 4 is 87.8 Å². The number of hydrogen-bond acceptors (Lipinski definition) is 15. The molecular formula is C50H71N15O11S2. The summed E-state index contributed by atoms with van der Waals surface area (Å²) in [7, 11) is 0. The summed E-state index contributed by atoms with van der Waals surface area (Å²) in [6, 6.07) is 5.73. The predicted octanol–water partition coefficient (Wildman–Crippen LogP) is -3.13. The number of aliphatic hydroxyl groups excluding tert-OH is 1. The number of guanidine groups is 2. The molecule has 2 aromatic heterocycles. The van der Waals surface area contributed by atoms with Gasteiger partial charge >= 0.3 is 5.97 Å². The van der Waals surface area contributed by atoms with Crippen LogP contribution in [0, 0.1) is 0 Å². The number of nitrogens with two attached hydrogens (primary N) is 5. The Morgan fingerprint density at radius 1 is 0.615 bits per heavy atom. The van der Waals surface area contributed by atoms with Gasteiger partial charge in [-0.2, -0.15) is 0 Å². The number of nitrogens with zero attached hydrogens (tertiary/aromatic N) is 4. The zero-order valence-electron chi connectivity index (χ0n) is 43.1. The summed E-state index contributed by atoms with van der Waals surface area (Å²) in [4.78, 5) is 135. The number of aliphatic carboxylic acids is 1. The number of carboxylic acid groups (broad SMARTS) is 1. The molecule has 2 aliphatic heterocycles. The van der Waals surface area contributed by atoms with Gasteiger partial charge in [0.05, 0.1) is 19.2 Å². The number of thiophene rings is 2. The summed E-state index contributed by atoms with van der Waals surface area (Å²) in [5, 5.41) is 39.3. The van der Waals surface area contributed by atoms with E-state index in [0.29, 0.717) is 60.4 Å². The number of rotatable bonds is 30. The third kappa shape index (κ3) is 19.1. The van der Waals surface area contributed by atoms with Gasteiger partial charge in [-0.15, -0.1) is 22.7 Å². The van der Waals surface area contributed by atoms with Crippen LogP contribution in [0.15, 0.2) is 75.3 Å². The highest BCUT2D eigenvalue weighted by molar-refractivity contribution is 7.10. The van der Waals surface area contributed by atoms with Crippen LogP contribution in [-0.2, 0) is 62.4 Å². The third-order valence-corrected chi connectivity index (χ3v) is 14.7. The Bertz CT molecular complexity index is 2560. The molecule has 78 heavy (non-hydrogen) atoms. The Labute approximate surface area is 458 Å². The lowest BCUT2D eigenvalue weighted by Crippen LogP contribution is -2.60. The summed E-state index contributed by atoms with van der Waals surface area (Å²) >= 11 is 2.59. The van der Waals surface area contributed by atoms with Gasteiger partial charge in [0.1, 0.15) is 42.3 Å². The number of benzene rings is 1. The Balaban J connectivity index is 1.23. The fraction of sp³-hybridized carbons (Fsp3) is 0.500. The van der Waals surface area contributed by atoms with Crippen LogP contribution in [0.5, 0.6) is 0 Å². The molecule has 5 rings (SSSR count). The smallest absolute Gasteiger partial charge is 0.326 e. The molecule has 28 heteroatoms. The fourth-order valence-electron chi connectivity index (χ4n) is 8.95. The molecule has 2 aliphatic rings. The average Bonchev–Trinajstić information content (AvgIpc) is 4.30. The summed E-state index contributed by atoms with van der Waals surface area (Å²) in [5.41, 5.74) is 28.3. The number of aliphatic imine (C=N–C) groups is 2. The first-order valence-electron chi connectivity index (χ1n) is 25.5. The van der Waals surface area contributed by atoms with Crippen molar-refractivity contribution in [1.29, 1.82) is 0 Å². The van der Waals surface area contributed by atoms with E-state index in [1.165, 1.54) is 32.5 Å². The molecule has 0 bridgehead atoms. The molecule has 2 saturated heterocycles. The topological polar surface area (TPSA) is 428 Å². The molecule has 0 aliphatic carbocycles. The van der Waals surface area contributed by atoms with Gasteiger partial charge in [0.2, 0.25) is 47.3 Å². The molecule has 4 heterocycles. The standard InChI is InChI=1S/C50H71N15O11S2/c51-32(14-4-18-56-49(52)53)46(73)65-21-7-17-39(65)47(74)64-20-6-16-38(64)45(72)58-27-40(67)59-35(25-30-12-8-22-77-30)42(69)63-37(28-66)44(71)61-34(24-29-10-2-1-3-11-29)41(68)62-36(26-31-13-9-23-78-31)43(70)60-33(48(75)76)15-5-19-57-50(54)55/h1-3,8-13,22-23,32-39,66H,4-7,14-21,24-28,51H2,(H,58,72)(H,59,67)(H,60,70)(H,61,71)(H,62,68)(H,63,69)(H,75,76)(H4,52,53,56)(H4,54,55,57)/t32-,33-,34+,35-,36-,37-,38-,39-/m0/s1. The number of aliphatic hydroxyl groups is 1. The quantitative estimate of drug-likeness (QED) is 0.0178. The summed E-state index contributed by atoms with van der Waals surface area (Å²) in [6.45, 7) is -0.583. The van der Waals surface area contributed by atoms with Crippen molar-refractivity contribution in [2.24, 2.45) is 38.7 Å². The molecule has 0 saturated carbocycles. The largest absolute Gasteiger partial charge is 0.480 e. The molecule has 8 atom stereocenters. The Morgan fingerprint density at radius 3 is 1.65 bits per heavy atom. The van der Waals surface area contributed by atoms with Gasteiger partial charge in [-0.05, 0) is 79.8 Å². The van der Waals surface area contributed by atoms with E-state index in [2.05, 4.69) is 41.9 Å². The minimum Gasteiger partial charge on any atom is -0.480 e. The Hall–Kier alpha value is -7.69. The maximum atomic E-state index is 14.2.